The molecule has 15 heavy (non-hydrogen) atoms. The molecule has 0 fully saturated rings. The number of ketones is 1. The Morgan fingerprint density at radius 2 is 2.07 bits per heavy atom. The topological polar surface area (TPSA) is 56.0 Å². The van der Waals surface area contributed by atoms with E-state index in [2.05, 4.69) is 4.98 Å². The van der Waals surface area contributed by atoms with Crippen molar-refractivity contribution in [1.29, 1.82) is 0 Å². The number of pyridine rings is 1. The first-order valence-electron chi connectivity index (χ1n) is 4.83. The molecule has 0 amide bonds. The Hall–Kier alpha value is -1.74. The third kappa shape index (κ3) is 1.74. The molecule has 1 heterocycles. The summed E-state index contributed by atoms with van der Waals surface area (Å²) in [6.07, 6.45) is 1.68. The number of aromatic nitrogens is 1. The van der Waals surface area contributed by atoms with E-state index in [9.17, 15) is 4.79 Å². The zero-order chi connectivity index (χ0) is 10.8. The predicted octanol–water partition coefficient (Wildman–Crippen LogP) is 1.76. The van der Waals surface area contributed by atoms with Crippen LogP contribution in [0.15, 0.2) is 36.5 Å². The maximum Gasteiger partial charge on any atom is 0.181 e. The highest BCUT2D eigenvalue weighted by molar-refractivity contribution is 6.08. The number of rotatable bonds is 2. The van der Waals surface area contributed by atoms with Crippen molar-refractivity contribution < 1.29 is 4.79 Å². The van der Waals surface area contributed by atoms with E-state index in [0.717, 1.165) is 10.9 Å². The molecule has 3 nitrogen and oxygen atoms in total. The Bertz CT molecular complexity index is 500. The van der Waals surface area contributed by atoms with Crippen molar-refractivity contribution in [3.05, 3.63) is 42.1 Å². The molecule has 3 heteroatoms. The summed E-state index contributed by atoms with van der Waals surface area (Å²) in [5.41, 5.74) is 6.91. The van der Waals surface area contributed by atoms with Crippen LogP contribution in [0.25, 0.3) is 10.9 Å². The highest BCUT2D eigenvalue weighted by Crippen LogP contribution is 2.16. The van der Waals surface area contributed by atoms with E-state index in [1.807, 2.05) is 24.3 Å². The van der Waals surface area contributed by atoms with E-state index >= 15 is 0 Å². The predicted molar refractivity (Wildman–Crippen MR) is 59.7 cm³/mol. The van der Waals surface area contributed by atoms with Gasteiger partial charge in [0.05, 0.1) is 11.6 Å². The van der Waals surface area contributed by atoms with E-state index in [4.69, 9.17) is 5.73 Å². The van der Waals surface area contributed by atoms with Gasteiger partial charge in [0.25, 0.3) is 0 Å². The second-order valence-electron chi connectivity index (χ2n) is 3.53. The largest absolute Gasteiger partial charge is 0.321 e. The van der Waals surface area contributed by atoms with Crippen molar-refractivity contribution in [2.24, 2.45) is 5.73 Å². The van der Waals surface area contributed by atoms with Crippen LogP contribution in [0.4, 0.5) is 0 Å². The molecule has 1 unspecified atom stereocenters. The van der Waals surface area contributed by atoms with E-state index in [0.29, 0.717) is 5.56 Å². The van der Waals surface area contributed by atoms with Crippen LogP contribution in [0.1, 0.15) is 17.3 Å². The summed E-state index contributed by atoms with van der Waals surface area (Å²) in [5.74, 6) is -0.0701. The van der Waals surface area contributed by atoms with E-state index < -0.39 is 6.04 Å². The lowest BCUT2D eigenvalue weighted by molar-refractivity contribution is 0.0969. The lowest BCUT2D eigenvalue weighted by atomic mass is 10.0. The van der Waals surface area contributed by atoms with E-state index in [1.54, 1.807) is 19.2 Å². The Kier molecular flexibility index (Phi) is 2.47. The van der Waals surface area contributed by atoms with Gasteiger partial charge in [-0.1, -0.05) is 18.2 Å². The van der Waals surface area contributed by atoms with Crippen LogP contribution in [0, 0.1) is 0 Å². The zero-order valence-electron chi connectivity index (χ0n) is 8.47. The number of carbonyl (C=O) groups is 1. The van der Waals surface area contributed by atoms with Gasteiger partial charge < -0.3 is 5.73 Å². The molecule has 1 aromatic heterocycles. The van der Waals surface area contributed by atoms with Crippen molar-refractivity contribution >= 4 is 16.7 Å². The third-order valence-electron chi connectivity index (χ3n) is 2.31. The Labute approximate surface area is 87.9 Å². The molecule has 0 saturated heterocycles. The maximum absolute atomic E-state index is 11.8. The van der Waals surface area contributed by atoms with Gasteiger partial charge in [-0.15, -0.1) is 0 Å². The lowest BCUT2D eigenvalue weighted by Gasteiger charge is -2.06. The molecule has 76 valence electrons. The Morgan fingerprint density at radius 3 is 2.80 bits per heavy atom. The number of nitrogens with zero attached hydrogens (tertiary/aromatic N) is 1. The quantitative estimate of drug-likeness (QED) is 0.751. The Balaban J connectivity index is 2.66. The van der Waals surface area contributed by atoms with Crippen molar-refractivity contribution in [3.8, 4) is 0 Å². The fraction of sp³-hybridized carbons (Fsp3) is 0.167. The second-order valence-corrected chi connectivity index (χ2v) is 3.53. The Morgan fingerprint density at radius 1 is 1.33 bits per heavy atom. The molecule has 1 aromatic carbocycles. The summed E-state index contributed by atoms with van der Waals surface area (Å²) in [4.78, 5) is 16.0. The van der Waals surface area contributed by atoms with Gasteiger partial charge in [-0.05, 0) is 19.1 Å². The van der Waals surface area contributed by atoms with Crippen LogP contribution in [0.3, 0.4) is 0 Å². The van der Waals surface area contributed by atoms with Gasteiger partial charge in [0.2, 0.25) is 0 Å². The molecule has 2 N–H and O–H groups in total. The highest BCUT2D eigenvalue weighted by atomic mass is 16.1. The molecule has 1 atom stereocenters. The summed E-state index contributed by atoms with van der Waals surface area (Å²) in [5, 5.41) is 0.962. The van der Waals surface area contributed by atoms with Gasteiger partial charge >= 0.3 is 0 Å². The van der Waals surface area contributed by atoms with Gasteiger partial charge in [-0.3, -0.25) is 9.78 Å². The summed E-state index contributed by atoms with van der Waals surface area (Å²) in [6.45, 7) is 1.68. The highest BCUT2D eigenvalue weighted by Gasteiger charge is 2.13. The smallest absolute Gasteiger partial charge is 0.181 e. The molecule has 2 rings (SSSR count). The lowest BCUT2D eigenvalue weighted by Crippen LogP contribution is -2.26. The minimum atomic E-state index is -0.488. The fourth-order valence-electron chi connectivity index (χ4n) is 1.55. The molecular formula is C12H12N2O. The van der Waals surface area contributed by atoms with Gasteiger partial charge in [-0.25, -0.2) is 0 Å². The molecule has 0 saturated carbocycles. The SMILES string of the molecule is CC(N)C(=O)c1cccc2cccnc12. The van der Waals surface area contributed by atoms with Gasteiger partial charge in [0, 0.05) is 17.1 Å². The van der Waals surface area contributed by atoms with E-state index in [1.165, 1.54) is 0 Å². The monoisotopic (exact) mass is 200 g/mol. The van der Waals surface area contributed by atoms with Crippen molar-refractivity contribution in [3.63, 3.8) is 0 Å². The second kappa shape index (κ2) is 3.79. The van der Waals surface area contributed by atoms with Crippen molar-refractivity contribution in [2.75, 3.05) is 0 Å². The zero-order valence-corrected chi connectivity index (χ0v) is 8.47. The van der Waals surface area contributed by atoms with Crippen LogP contribution in [-0.2, 0) is 0 Å². The first-order chi connectivity index (χ1) is 7.20. The van der Waals surface area contributed by atoms with Gasteiger partial charge in [-0.2, -0.15) is 0 Å². The summed E-state index contributed by atoms with van der Waals surface area (Å²) < 4.78 is 0. The first kappa shape index (κ1) is 9.80. The number of fused-ring (bicyclic) bond motifs is 1. The average Bonchev–Trinajstić information content (AvgIpc) is 2.27. The first-order valence-corrected chi connectivity index (χ1v) is 4.83. The molecule has 0 radical (unpaired) electrons. The standard InChI is InChI=1S/C12H12N2O/c1-8(13)12(15)10-6-2-4-9-5-3-7-14-11(9)10/h2-8H,13H2,1H3. The fourth-order valence-corrected chi connectivity index (χ4v) is 1.55. The molecule has 0 aliphatic rings. The number of Topliss-reactive ketones (excluding diaryl/α,β-unsaturated/α-hetero) is 1. The van der Waals surface area contributed by atoms with Crippen LogP contribution in [0.5, 0.6) is 0 Å². The number of para-hydroxylation sites is 1. The number of hydrogen-bond donors (Lipinski definition) is 1. The number of hydrogen-bond acceptors (Lipinski definition) is 3. The van der Waals surface area contributed by atoms with Crippen LogP contribution < -0.4 is 5.73 Å². The van der Waals surface area contributed by atoms with Crippen molar-refractivity contribution in [2.45, 2.75) is 13.0 Å². The minimum Gasteiger partial charge on any atom is -0.321 e. The van der Waals surface area contributed by atoms with Crippen LogP contribution in [-0.4, -0.2) is 16.8 Å². The molecule has 0 spiro atoms. The van der Waals surface area contributed by atoms with Gasteiger partial charge in [0.1, 0.15) is 0 Å². The average molecular weight is 200 g/mol. The summed E-state index contributed by atoms with van der Waals surface area (Å²) in [6, 6.07) is 8.83. The van der Waals surface area contributed by atoms with E-state index in [-0.39, 0.29) is 5.78 Å². The molecule has 0 aliphatic heterocycles. The summed E-state index contributed by atoms with van der Waals surface area (Å²) in [7, 11) is 0. The number of carbonyl (C=O) groups excluding carboxylic acids is 1. The van der Waals surface area contributed by atoms with Gasteiger partial charge in [0.15, 0.2) is 5.78 Å². The molecule has 2 aromatic rings. The van der Waals surface area contributed by atoms with Crippen LogP contribution in [0.2, 0.25) is 0 Å². The van der Waals surface area contributed by atoms with Crippen LogP contribution >= 0.6 is 0 Å². The molecule has 0 bridgehead atoms. The number of nitrogens with two attached hydrogens (primary N) is 1. The third-order valence-corrected chi connectivity index (χ3v) is 2.31. The molecular weight excluding hydrogens is 188 g/mol. The normalized spacial score (nSPS) is 12.7. The minimum absolute atomic E-state index is 0.0701. The maximum atomic E-state index is 11.8. The number of benzene rings is 1. The molecule has 0 aliphatic carbocycles. The van der Waals surface area contributed by atoms with Crippen molar-refractivity contribution in [1.82, 2.24) is 4.98 Å². The summed E-state index contributed by atoms with van der Waals surface area (Å²) >= 11 is 0.